The molecule has 21 heavy (non-hydrogen) atoms. The van der Waals surface area contributed by atoms with Crippen molar-refractivity contribution >= 4 is 6.08 Å². The van der Waals surface area contributed by atoms with E-state index < -0.39 is 6.10 Å². The van der Waals surface area contributed by atoms with Crippen LogP contribution >= 0.6 is 0 Å². The van der Waals surface area contributed by atoms with Crippen molar-refractivity contribution in [2.45, 2.75) is 6.10 Å². The molecule has 0 aliphatic heterocycles. The van der Waals surface area contributed by atoms with Crippen LogP contribution in [0.15, 0.2) is 66.7 Å². The van der Waals surface area contributed by atoms with Gasteiger partial charge in [0.15, 0.2) is 0 Å². The van der Waals surface area contributed by atoms with Gasteiger partial charge in [-0.2, -0.15) is 0 Å². The van der Waals surface area contributed by atoms with E-state index in [1.807, 2.05) is 72.8 Å². The van der Waals surface area contributed by atoms with Crippen LogP contribution in [-0.4, -0.2) is 18.1 Å². The van der Waals surface area contributed by atoms with Gasteiger partial charge in [-0.1, -0.05) is 72.8 Å². The Bertz CT molecular complexity index is 581. The number of nitrogens with zero attached hydrogens (tertiary/aromatic N) is 1. The van der Waals surface area contributed by atoms with E-state index in [4.69, 9.17) is 4.74 Å². The van der Waals surface area contributed by atoms with Crippen molar-refractivity contribution in [1.82, 2.24) is 0 Å². The van der Waals surface area contributed by atoms with Gasteiger partial charge in [0.2, 0.25) is 6.54 Å². The van der Waals surface area contributed by atoms with Crippen LogP contribution in [0.5, 0.6) is 0 Å². The fourth-order valence-electron chi connectivity index (χ4n) is 1.98. The second-order valence-electron chi connectivity index (χ2n) is 4.56. The predicted octanol–water partition coefficient (Wildman–Crippen LogP) is 3.73. The lowest BCUT2D eigenvalue weighted by Gasteiger charge is -2.13. The van der Waals surface area contributed by atoms with Gasteiger partial charge in [0.1, 0.15) is 6.10 Å². The van der Waals surface area contributed by atoms with Crippen LogP contribution in [-0.2, 0) is 4.74 Å². The summed E-state index contributed by atoms with van der Waals surface area (Å²) in [5, 5.41) is 10.7. The molecule has 0 fully saturated rings. The van der Waals surface area contributed by atoms with Gasteiger partial charge in [-0.15, -0.1) is 0 Å². The van der Waals surface area contributed by atoms with Crippen molar-refractivity contribution in [3.05, 3.63) is 88.0 Å². The first-order valence-electron chi connectivity index (χ1n) is 6.75. The standard InChI is InChI=1S/C17H17NO3/c19-18(20)14-17(16-11-5-2-6-12-16)21-13-7-10-15-8-3-1-4-9-15/h1-12,17H,13-14H2/b10-7+. The first kappa shape index (κ1) is 14.9. The zero-order chi connectivity index (χ0) is 14.9. The molecule has 0 amide bonds. The number of hydrogen-bond acceptors (Lipinski definition) is 3. The molecule has 0 aromatic heterocycles. The zero-order valence-electron chi connectivity index (χ0n) is 11.6. The Morgan fingerprint density at radius 2 is 1.67 bits per heavy atom. The van der Waals surface area contributed by atoms with E-state index in [1.54, 1.807) is 0 Å². The normalized spacial score (nSPS) is 12.4. The van der Waals surface area contributed by atoms with E-state index >= 15 is 0 Å². The lowest BCUT2D eigenvalue weighted by molar-refractivity contribution is -0.492. The van der Waals surface area contributed by atoms with E-state index in [-0.39, 0.29) is 11.5 Å². The minimum atomic E-state index is -0.526. The Kier molecular flexibility index (Phi) is 5.67. The van der Waals surface area contributed by atoms with Crippen molar-refractivity contribution in [2.24, 2.45) is 0 Å². The summed E-state index contributed by atoms with van der Waals surface area (Å²) < 4.78 is 5.63. The average Bonchev–Trinajstić information content (AvgIpc) is 2.52. The van der Waals surface area contributed by atoms with Crippen molar-refractivity contribution in [3.8, 4) is 0 Å². The Labute approximate surface area is 123 Å². The van der Waals surface area contributed by atoms with Gasteiger partial charge in [0.25, 0.3) is 0 Å². The molecule has 0 bridgehead atoms. The van der Waals surface area contributed by atoms with Gasteiger partial charge in [-0.25, -0.2) is 0 Å². The summed E-state index contributed by atoms with van der Waals surface area (Å²) >= 11 is 0. The Morgan fingerprint density at radius 1 is 1.05 bits per heavy atom. The highest BCUT2D eigenvalue weighted by Gasteiger charge is 2.17. The molecule has 0 saturated carbocycles. The quantitative estimate of drug-likeness (QED) is 0.574. The van der Waals surface area contributed by atoms with Crippen molar-refractivity contribution < 1.29 is 9.66 Å². The van der Waals surface area contributed by atoms with Gasteiger partial charge in [-0.3, -0.25) is 10.1 Å². The summed E-state index contributed by atoms with van der Waals surface area (Å²) in [6.07, 6.45) is 3.28. The molecule has 0 heterocycles. The number of hydrogen-bond donors (Lipinski definition) is 0. The van der Waals surface area contributed by atoms with Crippen molar-refractivity contribution in [2.75, 3.05) is 13.2 Å². The molecule has 1 unspecified atom stereocenters. The van der Waals surface area contributed by atoms with Crippen LogP contribution in [0.4, 0.5) is 0 Å². The summed E-state index contributed by atoms with van der Waals surface area (Å²) in [4.78, 5) is 10.4. The lowest BCUT2D eigenvalue weighted by atomic mass is 10.1. The van der Waals surface area contributed by atoms with E-state index in [1.165, 1.54) is 0 Å². The summed E-state index contributed by atoms with van der Waals surface area (Å²) in [5.41, 5.74) is 1.90. The smallest absolute Gasteiger partial charge is 0.233 e. The highest BCUT2D eigenvalue weighted by Crippen LogP contribution is 2.17. The summed E-state index contributed by atoms with van der Waals surface area (Å²) in [6, 6.07) is 19.1. The minimum Gasteiger partial charge on any atom is -0.363 e. The molecule has 0 saturated heterocycles. The fourth-order valence-corrected chi connectivity index (χ4v) is 1.98. The van der Waals surface area contributed by atoms with Gasteiger partial charge in [-0.05, 0) is 11.1 Å². The zero-order valence-corrected chi connectivity index (χ0v) is 11.6. The van der Waals surface area contributed by atoms with Crippen molar-refractivity contribution in [1.29, 1.82) is 0 Å². The number of nitro groups is 1. The highest BCUT2D eigenvalue weighted by atomic mass is 16.6. The molecule has 4 heteroatoms. The molecule has 0 aliphatic carbocycles. The molecular weight excluding hydrogens is 266 g/mol. The largest absolute Gasteiger partial charge is 0.363 e. The lowest BCUT2D eigenvalue weighted by Crippen LogP contribution is -2.15. The average molecular weight is 283 g/mol. The molecule has 2 rings (SSSR count). The predicted molar refractivity (Wildman–Crippen MR) is 82.5 cm³/mol. The van der Waals surface area contributed by atoms with E-state index in [9.17, 15) is 10.1 Å². The first-order valence-corrected chi connectivity index (χ1v) is 6.75. The second kappa shape index (κ2) is 7.97. The first-order chi connectivity index (χ1) is 10.3. The molecule has 0 N–H and O–H groups in total. The highest BCUT2D eigenvalue weighted by molar-refractivity contribution is 5.48. The third kappa shape index (κ3) is 5.20. The monoisotopic (exact) mass is 283 g/mol. The Balaban J connectivity index is 1.93. The SMILES string of the molecule is O=[N+]([O-])CC(OC/C=C/c1ccccc1)c1ccccc1. The Morgan fingerprint density at radius 3 is 2.29 bits per heavy atom. The van der Waals surface area contributed by atoms with E-state index in [0.29, 0.717) is 6.61 Å². The van der Waals surface area contributed by atoms with E-state index in [0.717, 1.165) is 11.1 Å². The third-order valence-electron chi connectivity index (χ3n) is 2.99. The van der Waals surface area contributed by atoms with Crippen molar-refractivity contribution in [3.63, 3.8) is 0 Å². The summed E-state index contributed by atoms with van der Waals surface area (Å²) in [6.45, 7) is 0.103. The van der Waals surface area contributed by atoms with Crippen LogP contribution in [0.2, 0.25) is 0 Å². The molecule has 4 nitrogen and oxygen atoms in total. The van der Waals surface area contributed by atoms with Crippen LogP contribution in [0.25, 0.3) is 6.08 Å². The molecule has 2 aromatic rings. The van der Waals surface area contributed by atoms with Crippen LogP contribution < -0.4 is 0 Å². The molecule has 2 aromatic carbocycles. The van der Waals surface area contributed by atoms with Crippen LogP contribution in [0, 0.1) is 10.1 Å². The maximum atomic E-state index is 10.7. The summed E-state index contributed by atoms with van der Waals surface area (Å²) in [5.74, 6) is 0. The topological polar surface area (TPSA) is 52.4 Å². The van der Waals surface area contributed by atoms with Crippen LogP contribution in [0.1, 0.15) is 17.2 Å². The molecule has 1 atom stereocenters. The molecule has 108 valence electrons. The van der Waals surface area contributed by atoms with Gasteiger partial charge in [0.05, 0.1) is 6.61 Å². The molecular formula is C17H17NO3. The Hall–Kier alpha value is -2.46. The molecule has 0 radical (unpaired) electrons. The number of rotatable bonds is 7. The molecule has 0 spiro atoms. The number of benzene rings is 2. The maximum Gasteiger partial charge on any atom is 0.233 e. The minimum absolute atomic E-state index is 0.233. The third-order valence-corrected chi connectivity index (χ3v) is 2.99. The maximum absolute atomic E-state index is 10.7. The second-order valence-corrected chi connectivity index (χ2v) is 4.56. The fraction of sp³-hybridized carbons (Fsp3) is 0.176. The summed E-state index contributed by atoms with van der Waals surface area (Å²) in [7, 11) is 0. The number of ether oxygens (including phenoxy) is 1. The molecule has 0 aliphatic rings. The van der Waals surface area contributed by atoms with Gasteiger partial charge >= 0.3 is 0 Å². The van der Waals surface area contributed by atoms with E-state index in [2.05, 4.69) is 0 Å². The van der Waals surface area contributed by atoms with Gasteiger partial charge < -0.3 is 4.74 Å². The van der Waals surface area contributed by atoms with Crippen LogP contribution in [0.3, 0.4) is 0 Å². The van der Waals surface area contributed by atoms with Gasteiger partial charge in [0, 0.05) is 4.92 Å².